The average Bonchev–Trinajstić information content (AvgIpc) is 2.36. The molecule has 0 bridgehead atoms. The molecule has 0 aliphatic heterocycles. The Hall–Kier alpha value is -1.88. The second-order valence-electron chi connectivity index (χ2n) is 4.69. The summed E-state index contributed by atoms with van der Waals surface area (Å²) in [5, 5.41) is 14.2. The number of benzene rings is 2. The number of hydrogen-bond acceptors (Lipinski definition) is 3. The summed E-state index contributed by atoms with van der Waals surface area (Å²) < 4.78 is 1.01. The predicted octanol–water partition coefficient (Wildman–Crippen LogP) is 4.59. The fraction of sp³-hybridized carbons (Fsp3) is 0.200. The number of aryl methyl sites for hydroxylation is 1. The van der Waals surface area contributed by atoms with Gasteiger partial charge >= 0.3 is 0 Å². The normalized spacial score (nSPS) is 10.3. The number of halogens is 1. The van der Waals surface area contributed by atoms with Crippen LogP contribution in [0.15, 0.2) is 40.9 Å². The van der Waals surface area contributed by atoms with Crippen LogP contribution in [-0.2, 0) is 6.54 Å². The SMILES string of the molecule is Cc1cc(Br)cc(NCc2cccc([N+](=O)[O-])c2C)c1. The van der Waals surface area contributed by atoms with E-state index >= 15 is 0 Å². The smallest absolute Gasteiger partial charge is 0.272 e. The molecule has 0 atom stereocenters. The van der Waals surface area contributed by atoms with Gasteiger partial charge in [0.1, 0.15) is 0 Å². The average molecular weight is 335 g/mol. The van der Waals surface area contributed by atoms with Crippen molar-refractivity contribution in [2.75, 3.05) is 5.32 Å². The highest BCUT2D eigenvalue weighted by atomic mass is 79.9. The molecular weight excluding hydrogens is 320 g/mol. The van der Waals surface area contributed by atoms with E-state index in [0.29, 0.717) is 12.1 Å². The third-order valence-electron chi connectivity index (χ3n) is 3.14. The zero-order valence-electron chi connectivity index (χ0n) is 11.3. The summed E-state index contributed by atoms with van der Waals surface area (Å²) in [4.78, 5) is 10.6. The quantitative estimate of drug-likeness (QED) is 0.657. The largest absolute Gasteiger partial charge is 0.381 e. The summed E-state index contributed by atoms with van der Waals surface area (Å²) in [6.07, 6.45) is 0. The fourth-order valence-electron chi connectivity index (χ4n) is 2.09. The molecule has 0 aliphatic carbocycles. The third kappa shape index (κ3) is 3.36. The maximum Gasteiger partial charge on any atom is 0.272 e. The maximum absolute atomic E-state index is 10.9. The van der Waals surface area contributed by atoms with Crippen molar-refractivity contribution < 1.29 is 4.92 Å². The molecule has 0 heterocycles. The van der Waals surface area contributed by atoms with Crippen LogP contribution >= 0.6 is 15.9 Å². The van der Waals surface area contributed by atoms with Gasteiger partial charge in [0, 0.05) is 28.3 Å². The highest BCUT2D eigenvalue weighted by Gasteiger charge is 2.12. The van der Waals surface area contributed by atoms with Crippen LogP contribution in [0.1, 0.15) is 16.7 Å². The van der Waals surface area contributed by atoms with Crippen LogP contribution in [0.3, 0.4) is 0 Å². The summed E-state index contributed by atoms with van der Waals surface area (Å²) in [6, 6.07) is 11.2. The number of nitrogens with one attached hydrogen (secondary N) is 1. The predicted molar refractivity (Wildman–Crippen MR) is 84.0 cm³/mol. The Morgan fingerprint density at radius 1 is 1.25 bits per heavy atom. The van der Waals surface area contributed by atoms with Gasteiger partial charge in [0.05, 0.1) is 4.92 Å². The van der Waals surface area contributed by atoms with Crippen LogP contribution in [-0.4, -0.2) is 4.92 Å². The molecule has 4 nitrogen and oxygen atoms in total. The van der Waals surface area contributed by atoms with Gasteiger partial charge < -0.3 is 5.32 Å². The van der Waals surface area contributed by atoms with Gasteiger partial charge in [-0.05, 0) is 43.2 Å². The van der Waals surface area contributed by atoms with Crippen molar-refractivity contribution in [1.82, 2.24) is 0 Å². The van der Waals surface area contributed by atoms with Crippen molar-refractivity contribution in [3.8, 4) is 0 Å². The maximum atomic E-state index is 10.9. The molecule has 0 unspecified atom stereocenters. The number of rotatable bonds is 4. The van der Waals surface area contributed by atoms with Crippen molar-refractivity contribution in [2.24, 2.45) is 0 Å². The molecule has 104 valence electrons. The van der Waals surface area contributed by atoms with Crippen LogP contribution < -0.4 is 5.32 Å². The first kappa shape index (κ1) is 14.5. The molecule has 0 spiro atoms. The van der Waals surface area contributed by atoms with E-state index in [1.807, 2.05) is 31.2 Å². The summed E-state index contributed by atoms with van der Waals surface area (Å²) >= 11 is 3.46. The zero-order valence-corrected chi connectivity index (χ0v) is 12.9. The molecule has 5 heteroatoms. The molecule has 0 fully saturated rings. The van der Waals surface area contributed by atoms with Crippen LogP contribution in [0, 0.1) is 24.0 Å². The Bertz CT molecular complexity index is 636. The topological polar surface area (TPSA) is 55.2 Å². The molecule has 0 aliphatic rings. The fourth-order valence-corrected chi connectivity index (χ4v) is 2.70. The Kier molecular flexibility index (Phi) is 4.39. The molecule has 2 rings (SSSR count). The second-order valence-corrected chi connectivity index (χ2v) is 5.60. The van der Waals surface area contributed by atoms with E-state index in [0.717, 1.165) is 21.3 Å². The van der Waals surface area contributed by atoms with Crippen molar-refractivity contribution in [3.63, 3.8) is 0 Å². The summed E-state index contributed by atoms with van der Waals surface area (Å²) in [7, 11) is 0. The Morgan fingerprint density at radius 2 is 2.00 bits per heavy atom. The first-order valence-corrected chi connectivity index (χ1v) is 7.00. The third-order valence-corrected chi connectivity index (χ3v) is 3.60. The van der Waals surface area contributed by atoms with E-state index in [1.165, 1.54) is 6.07 Å². The van der Waals surface area contributed by atoms with Crippen molar-refractivity contribution in [1.29, 1.82) is 0 Å². The lowest BCUT2D eigenvalue weighted by Crippen LogP contribution is -2.03. The molecule has 0 saturated carbocycles. The Labute approximate surface area is 126 Å². The molecule has 1 N–H and O–H groups in total. The van der Waals surface area contributed by atoms with Crippen molar-refractivity contribution >= 4 is 27.3 Å². The first-order valence-electron chi connectivity index (χ1n) is 6.21. The highest BCUT2D eigenvalue weighted by Crippen LogP contribution is 2.23. The van der Waals surface area contributed by atoms with Crippen LogP contribution in [0.25, 0.3) is 0 Å². The summed E-state index contributed by atoms with van der Waals surface area (Å²) in [5.74, 6) is 0. The molecule has 20 heavy (non-hydrogen) atoms. The Balaban J connectivity index is 2.19. The summed E-state index contributed by atoms with van der Waals surface area (Å²) in [5.41, 5.74) is 3.93. The van der Waals surface area contributed by atoms with E-state index < -0.39 is 0 Å². The van der Waals surface area contributed by atoms with Gasteiger partial charge in [-0.1, -0.05) is 28.1 Å². The molecule has 2 aromatic rings. The highest BCUT2D eigenvalue weighted by molar-refractivity contribution is 9.10. The van der Waals surface area contributed by atoms with Gasteiger partial charge in [0.15, 0.2) is 0 Å². The molecule has 0 radical (unpaired) electrons. The number of nitro benzene ring substituents is 1. The minimum Gasteiger partial charge on any atom is -0.381 e. The number of hydrogen-bond donors (Lipinski definition) is 1. The van der Waals surface area contributed by atoms with Gasteiger partial charge in [-0.25, -0.2) is 0 Å². The number of nitrogens with zero attached hydrogens (tertiary/aromatic N) is 1. The van der Waals surface area contributed by atoms with E-state index in [9.17, 15) is 10.1 Å². The lowest BCUT2D eigenvalue weighted by Gasteiger charge is -2.10. The Morgan fingerprint density at radius 3 is 2.65 bits per heavy atom. The minimum atomic E-state index is -0.345. The van der Waals surface area contributed by atoms with Gasteiger partial charge in [0.2, 0.25) is 0 Å². The van der Waals surface area contributed by atoms with Crippen molar-refractivity contribution in [2.45, 2.75) is 20.4 Å². The monoisotopic (exact) mass is 334 g/mol. The number of anilines is 1. The lowest BCUT2D eigenvalue weighted by molar-refractivity contribution is -0.385. The van der Waals surface area contributed by atoms with Crippen LogP contribution in [0.5, 0.6) is 0 Å². The molecule has 0 saturated heterocycles. The molecule has 2 aromatic carbocycles. The van der Waals surface area contributed by atoms with Gasteiger partial charge in [-0.15, -0.1) is 0 Å². The van der Waals surface area contributed by atoms with E-state index in [2.05, 4.69) is 21.2 Å². The molecule has 0 aromatic heterocycles. The zero-order chi connectivity index (χ0) is 14.7. The van der Waals surface area contributed by atoms with Gasteiger partial charge in [-0.3, -0.25) is 10.1 Å². The summed E-state index contributed by atoms with van der Waals surface area (Å²) in [6.45, 7) is 4.36. The molecule has 0 amide bonds. The second kappa shape index (κ2) is 6.05. The van der Waals surface area contributed by atoms with Crippen LogP contribution in [0.2, 0.25) is 0 Å². The van der Waals surface area contributed by atoms with Gasteiger partial charge in [-0.2, -0.15) is 0 Å². The van der Waals surface area contributed by atoms with Crippen molar-refractivity contribution in [3.05, 3.63) is 67.7 Å². The first-order chi connectivity index (χ1) is 9.47. The van der Waals surface area contributed by atoms with Gasteiger partial charge in [0.25, 0.3) is 5.69 Å². The van der Waals surface area contributed by atoms with E-state index in [4.69, 9.17) is 0 Å². The van der Waals surface area contributed by atoms with E-state index in [-0.39, 0.29) is 10.6 Å². The number of nitro groups is 1. The molecular formula is C15H15BrN2O2. The minimum absolute atomic E-state index is 0.162. The van der Waals surface area contributed by atoms with E-state index in [1.54, 1.807) is 13.0 Å². The lowest BCUT2D eigenvalue weighted by atomic mass is 10.1. The van der Waals surface area contributed by atoms with Crippen LogP contribution in [0.4, 0.5) is 11.4 Å². The standard InChI is InChI=1S/C15H15BrN2O2/c1-10-6-13(16)8-14(7-10)17-9-12-4-3-5-15(11(12)2)18(19)20/h3-8,17H,9H2,1-2H3.